The van der Waals surface area contributed by atoms with Crippen molar-refractivity contribution in [3.63, 3.8) is 0 Å². The summed E-state index contributed by atoms with van der Waals surface area (Å²) in [5, 5.41) is 0. The normalized spacial score (nSPS) is 15.4. The maximum absolute atomic E-state index is 12.4. The van der Waals surface area contributed by atoms with E-state index in [4.69, 9.17) is 0 Å². The minimum absolute atomic E-state index is 0.209. The van der Waals surface area contributed by atoms with Crippen LogP contribution < -0.4 is 0 Å². The fraction of sp³-hybridized carbons (Fsp3) is 0.176. The zero-order valence-corrected chi connectivity index (χ0v) is 11.5. The maximum atomic E-state index is 12.4. The fourth-order valence-corrected chi connectivity index (χ4v) is 2.64. The number of nitrogens with zero attached hydrogens (tertiary/aromatic N) is 1. The van der Waals surface area contributed by atoms with Gasteiger partial charge in [-0.2, -0.15) is 0 Å². The molecular formula is C17H15NO2. The predicted octanol–water partition coefficient (Wildman–Crippen LogP) is 3.35. The van der Waals surface area contributed by atoms with Crippen LogP contribution in [-0.2, 0) is 0 Å². The highest BCUT2D eigenvalue weighted by molar-refractivity contribution is 6.21. The van der Waals surface area contributed by atoms with Gasteiger partial charge in [-0.05, 0) is 31.5 Å². The van der Waals surface area contributed by atoms with E-state index >= 15 is 0 Å². The summed E-state index contributed by atoms with van der Waals surface area (Å²) in [4.78, 5) is 26.2. The van der Waals surface area contributed by atoms with Crippen molar-refractivity contribution in [2.24, 2.45) is 0 Å². The number of imide groups is 1. The van der Waals surface area contributed by atoms with Crippen LogP contribution in [0.25, 0.3) is 0 Å². The Hall–Kier alpha value is -2.42. The summed E-state index contributed by atoms with van der Waals surface area (Å²) in [6.45, 7) is 3.88. The molecule has 0 saturated carbocycles. The van der Waals surface area contributed by atoms with Crippen LogP contribution in [-0.4, -0.2) is 16.7 Å². The first-order chi connectivity index (χ1) is 9.59. The molecule has 20 heavy (non-hydrogen) atoms. The van der Waals surface area contributed by atoms with Crippen LogP contribution in [0, 0.1) is 6.92 Å². The number of hydrogen-bond acceptors (Lipinski definition) is 2. The summed E-state index contributed by atoms with van der Waals surface area (Å²) >= 11 is 0. The summed E-state index contributed by atoms with van der Waals surface area (Å²) in [6.07, 6.45) is 0. The van der Waals surface area contributed by atoms with Gasteiger partial charge in [-0.15, -0.1) is 0 Å². The molecule has 0 fully saturated rings. The van der Waals surface area contributed by atoms with E-state index in [9.17, 15) is 9.59 Å². The van der Waals surface area contributed by atoms with E-state index < -0.39 is 0 Å². The zero-order chi connectivity index (χ0) is 14.3. The highest BCUT2D eigenvalue weighted by Crippen LogP contribution is 2.31. The van der Waals surface area contributed by atoms with Crippen molar-refractivity contribution in [1.82, 2.24) is 4.90 Å². The Morgan fingerprint density at radius 1 is 0.900 bits per heavy atom. The quantitative estimate of drug-likeness (QED) is 0.781. The molecule has 3 nitrogen and oxygen atoms in total. The molecule has 0 N–H and O–H groups in total. The van der Waals surface area contributed by atoms with E-state index in [2.05, 4.69) is 0 Å². The van der Waals surface area contributed by atoms with Crippen LogP contribution in [0.5, 0.6) is 0 Å². The lowest BCUT2D eigenvalue weighted by Crippen LogP contribution is -2.32. The Labute approximate surface area is 117 Å². The van der Waals surface area contributed by atoms with Gasteiger partial charge in [-0.1, -0.05) is 42.0 Å². The third kappa shape index (κ3) is 1.83. The number of carbonyl (C=O) groups is 2. The van der Waals surface area contributed by atoms with Gasteiger partial charge in [-0.25, -0.2) is 0 Å². The van der Waals surface area contributed by atoms with E-state index in [0.29, 0.717) is 11.1 Å². The summed E-state index contributed by atoms with van der Waals surface area (Å²) in [7, 11) is 0. The van der Waals surface area contributed by atoms with Crippen molar-refractivity contribution < 1.29 is 9.59 Å². The van der Waals surface area contributed by atoms with Crippen molar-refractivity contribution in [2.45, 2.75) is 19.9 Å². The van der Waals surface area contributed by atoms with Gasteiger partial charge < -0.3 is 0 Å². The lowest BCUT2D eigenvalue weighted by atomic mass is 10.0. The fourth-order valence-electron chi connectivity index (χ4n) is 2.64. The standard InChI is InChI=1S/C17H15NO2/c1-11-6-5-7-13(10-11)12(2)18-16(19)14-8-3-4-9-15(14)17(18)20/h3-10,12H,1-2H3/t12-/m1/s1. The third-order valence-corrected chi connectivity index (χ3v) is 3.74. The molecular weight excluding hydrogens is 250 g/mol. The molecule has 2 aromatic carbocycles. The van der Waals surface area contributed by atoms with Gasteiger partial charge in [0.25, 0.3) is 11.8 Å². The molecule has 1 atom stereocenters. The van der Waals surface area contributed by atoms with Gasteiger partial charge in [-0.3, -0.25) is 14.5 Å². The summed E-state index contributed by atoms with van der Waals surface area (Å²) < 4.78 is 0. The summed E-state index contributed by atoms with van der Waals surface area (Å²) in [5.74, 6) is -0.417. The van der Waals surface area contributed by atoms with Crippen molar-refractivity contribution >= 4 is 11.8 Å². The minimum atomic E-state index is -0.262. The largest absolute Gasteiger partial charge is 0.269 e. The smallest absolute Gasteiger partial charge is 0.262 e. The lowest BCUT2D eigenvalue weighted by Gasteiger charge is -2.23. The lowest BCUT2D eigenvalue weighted by molar-refractivity contribution is 0.0595. The summed E-state index contributed by atoms with van der Waals surface area (Å²) in [5.41, 5.74) is 3.08. The zero-order valence-electron chi connectivity index (χ0n) is 11.5. The SMILES string of the molecule is Cc1cccc([C@@H](C)N2C(=O)c3ccccc3C2=O)c1. The number of aryl methyl sites for hydroxylation is 1. The van der Waals surface area contributed by atoms with Crippen molar-refractivity contribution in [3.05, 3.63) is 70.8 Å². The molecule has 100 valence electrons. The van der Waals surface area contributed by atoms with Crippen molar-refractivity contribution in [1.29, 1.82) is 0 Å². The highest BCUT2D eigenvalue weighted by atomic mass is 16.2. The number of benzene rings is 2. The number of amides is 2. The van der Waals surface area contributed by atoms with E-state index in [1.165, 1.54) is 4.90 Å². The van der Waals surface area contributed by atoms with Crippen LogP contribution in [0.2, 0.25) is 0 Å². The average Bonchev–Trinajstić information content (AvgIpc) is 2.71. The molecule has 1 aliphatic heterocycles. The minimum Gasteiger partial charge on any atom is -0.269 e. The Morgan fingerprint density at radius 3 is 2.05 bits per heavy atom. The van der Waals surface area contributed by atoms with Gasteiger partial charge >= 0.3 is 0 Å². The molecule has 1 heterocycles. The van der Waals surface area contributed by atoms with Crippen molar-refractivity contribution in [3.8, 4) is 0 Å². The van der Waals surface area contributed by atoms with E-state index in [0.717, 1.165) is 11.1 Å². The molecule has 0 aromatic heterocycles. The van der Waals surface area contributed by atoms with Crippen LogP contribution in [0.4, 0.5) is 0 Å². The number of fused-ring (bicyclic) bond motifs is 1. The molecule has 2 amide bonds. The molecule has 0 saturated heterocycles. The van der Waals surface area contributed by atoms with Crippen LogP contribution in [0.15, 0.2) is 48.5 Å². The van der Waals surface area contributed by atoms with Crippen LogP contribution in [0.1, 0.15) is 44.8 Å². The Kier molecular flexibility index (Phi) is 2.90. The van der Waals surface area contributed by atoms with E-state index in [1.54, 1.807) is 24.3 Å². The Morgan fingerprint density at radius 2 is 1.50 bits per heavy atom. The first-order valence-corrected chi connectivity index (χ1v) is 6.63. The van der Waals surface area contributed by atoms with Gasteiger partial charge in [0.05, 0.1) is 17.2 Å². The topological polar surface area (TPSA) is 37.4 Å². The number of rotatable bonds is 2. The molecule has 3 heteroatoms. The predicted molar refractivity (Wildman–Crippen MR) is 76.5 cm³/mol. The number of carbonyl (C=O) groups excluding carboxylic acids is 2. The Bertz CT molecular complexity index is 671. The number of hydrogen-bond donors (Lipinski definition) is 0. The van der Waals surface area contributed by atoms with Crippen LogP contribution in [0.3, 0.4) is 0 Å². The van der Waals surface area contributed by atoms with E-state index in [-0.39, 0.29) is 17.9 Å². The average molecular weight is 265 g/mol. The van der Waals surface area contributed by atoms with Gasteiger partial charge in [0.15, 0.2) is 0 Å². The first-order valence-electron chi connectivity index (χ1n) is 6.63. The van der Waals surface area contributed by atoms with Gasteiger partial charge in [0, 0.05) is 0 Å². The van der Waals surface area contributed by atoms with E-state index in [1.807, 2.05) is 38.1 Å². The molecule has 2 aromatic rings. The molecule has 1 aliphatic rings. The second-order valence-electron chi connectivity index (χ2n) is 5.12. The first kappa shape index (κ1) is 12.6. The molecule has 0 aliphatic carbocycles. The second-order valence-corrected chi connectivity index (χ2v) is 5.12. The maximum Gasteiger partial charge on any atom is 0.262 e. The van der Waals surface area contributed by atoms with Crippen molar-refractivity contribution in [2.75, 3.05) is 0 Å². The molecule has 0 unspecified atom stereocenters. The monoisotopic (exact) mass is 265 g/mol. The summed E-state index contributed by atoms with van der Waals surface area (Å²) in [6, 6.07) is 14.6. The molecule has 0 bridgehead atoms. The highest BCUT2D eigenvalue weighted by Gasteiger charge is 2.38. The van der Waals surface area contributed by atoms with Crippen LogP contribution >= 0.6 is 0 Å². The molecule has 3 rings (SSSR count). The molecule has 0 spiro atoms. The van der Waals surface area contributed by atoms with Gasteiger partial charge in [0.1, 0.15) is 0 Å². The second kappa shape index (κ2) is 4.60. The van der Waals surface area contributed by atoms with Gasteiger partial charge in [0.2, 0.25) is 0 Å². The molecule has 0 radical (unpaired) electrons. The Balaban J connectivity index is 2.01. The third-order valence-electron chi connectivity index (χ3n) is 3.74.